The zero-order valence-corrected chi connectivity index (χ0v) is 12.1. The van der Waals surface area contributed by atoms with Crippen molar-refractivity contribution in [3.8, 4) is 0 Å². The van der Waals surface area contributed by atoms with Gasteiger partial charge in [0.05, 0.1) is 20.8 Å². The maximum atomic E-state index is 6.24. The number of nitrogens with zero attached hydrogens (tertiary/aromatic N) is 1. The third-order valence-corrected chi connectivity index (χ3v) is 4.09. The average molecular weight is 294 g/mol. The molecule has 0 aliphatic carbocycles. The Morgan fingerprint density at radius 3 is 2.47 bits per heavy atom. The van der Waals surface area contributed by atoms with Gasteiger partial charge in [-0.25, -0.2) is 0 Å². The molecule has 0 aromatic heterocycles. The van der Waals surface area contributed by atoms with Crippen LogP contribution < -0.4 is 10.2 Å². The first-order valence-corrected chi connectivity index (χ1v) is 6.77. The number of benzene rings is 1. The van der Waals surface area contributed by atoms with Crippen LogP contribution in [0.15, 0.2) is 12.1 Å². The van der Waals surface area contributed by atoms with Gasteiger partial charge in [0, 0.05) is 25.2 Å². The highest BCUT2D eigenvalue weighted by atomic mass is 35.5. The molecule has 1 aromatic carbocycles. The van der Waals surface area contributed by atoms with Gasteiger partial charge in [-0.1, -0.05) is 34.8 Å². The Kier molecular flexibility index (Phi) is 4.09. The van der Waals surface area contributed by atoms with Crippen LogP contribution in [-0.2, 0) is 0 Å². The molecule has 5 heteroatoms. The molecule has 1 aliphatic rings. The lowest BCUT2D eigenvalue weighted by Crippen LogP contribution is -2.54. The van der Waals surface area contributed by atoms with Gasteiger partial charge in [-0.15, -0.1) is 0 Å². The summed E-state index contributed by atoms with van der Waals surface area (Å²) in [6.45, 7) is 6.18. The van der Waals surface area contributed by atoms with Crippen molar-refractivity contribution in [3.63, 3.8) is 0 Å². The van der Waals surface area contributed by atoms with Crippen molar-refractivity contribution in [1.29, 1.82) is 0 Å². The van der Waals surface area contributed by atoms with Crippen LogP contribution in [0.5, 0.6) is 0 Å². The highest BCUT2D eigenvalue weighted by molar-refractivity contribution is 6.44. The minimum atomic E-state index is 0.390. The third kappa shape index (κ3) is 2.82. The summed E-state index contributed by atoms with van der Waals surface area (Å²) >= 11 is 18.2. The minimum Gasteiger partial charge on any atom is -0.365 e. The summed E-state index contributed by atoms with van der Waals surface area (Å²) in [7, 11) is 0. The molecular weight excluding hydrogens is 279 g/mol. The van der Waals surface area contributed by atoms with Crippen molar-refractivity contribution in [1.82, 2.24) is 5.32 Å². The molecular formula is C12H15Cl3N2. The molecule has 1 aliphatic heterocycles. The zero-order chi connectivity index (χ0) is 12.6. The van der Waals surface area contributed by atoms with Crippen molar-refractivity contribution in [2.45, 2.75) is 25.9 Å². The first-order valence-electron chi connectivity index (χ1n) is 5.63. The summed E-state index contributed by atoms with van der Waals surface area (Å²) in [4.78, 5) is 2.27. The predicted molar refractivity (Wildman–Crippen MR) is 75.7 cm³/mol. The lowest BCUT2D eigenvalue weighted by molar-refractivity contribution is 0.425. The minimum absolute atomic E-state index is 0.390. The van der Waals surface area contributed by atoms with E-state index in [9.17, 15) is 0 Å². The van der Waals surface area contributed by atoms with Gasteiger partial charge >= 0.3 is 0 Å². The van der Waals surface area contributed by atoms with Gasteiger partial charge in [0.1, 0.15) is 0 Å². The van der Waals surface area contributed by atoms with Gasteiger partial charge in [-0.2, -0.15) is 0 Å². The van der Waals surface area contributed by atoms with Crippen LogP contribution in [0.3, 0.4) is 0 Å². The molecule has 94 valence electrons. The Morgan fingerprint density at radius 2 is 1.76 bits per heavy atom. The van der Waals surface area contributed by atoms with E-state index in [1.54, 1.807) is 6.07 Å². The number of piperazine rings is 1. The van der Waals surface area contributed by atoms with E-state index < -0.39 is 0 Å². The van der Waals surface area contributed by atoms with Gasteiger partial charge in [0.15, 0.2) is 0 Å². The molecule has 1 heterocycles. The summed E-state index contributed by atoms with van der Waals surface area (Å²) in [6.07, 6.45) is 0. The topological polar surface area (TPSA) is 15.3 Å². The Labute approximate surface area is 117 Å². The lowest BCUT2D eigenvalue weighted by Gasteiger charge is -2.39. The van der Waals surface area contributed by atoms with E-state index in [2.05, 4.69) is 24.1 Å². The van der Waals surface area contributed by atoms with Crippen LogP contribution in [0.1, 0.15) is 13.8 Å². The molecule has 0 amide bonds. The van der Waals surface area contributed by atoms with Crippen LogP contribution in [0.4, 0.5) is 5.69 Å². The summed E-state index contributed by atoms with van der Waals surface area (Å²) in [6, 6.07) is 4.39. The van der Waals surface area contributed by atoms with E-state index in [-0.39, 0.29) is 0 Å². The highest BCUT2D eigenvalue weighted by Crippen LogP contribution is 2.35. The van der Waals surface area contributed by atoms with Crippen LogP contribution in [0.2, 0.25) is 15.1 Å². The lowest BCUT2D eigenvalue weighted by atomic mass is 10.1. The largest absolute Gasteiger partial charge is 0.365 e. The maximum Gasteiger partial charge on any atom is 0.0655 e. The van der Waals surface area contributed by atoms with Crippen LogP contribution in [-0.4, -0.2) is 25.2 Å². The first kappa shape index (κ1) is 13.3. The smallest absolute Gasteiger partial charge is 0.0655 e. The fourth-order valence-corrected chi connectivity index (χ4v) is 2.74. The standard InChI is InChI=1S/C12H15Cl3N2/c1-7-6-17(8(2)5-16-7)12-4-10(14)9(13)3-11(12)15/h3-4,7-8,16H,5-6H2,1-2H3. The molecule has 0 saturated carbocycles. The Morgan fingerprint density at radius 1 is 1.12 bits per heavy atom. The van der Waals surface area contributed by atoms with Crippen molar-refractivity contribution >= 4 is 40.5 Å². The van der Waals surface area contributed by atoms with Gasteiger partial charge in [0.25, 0.3) is 0 Å². The van der Waals surface area contributed by atoms with E-state index in [0.717, 1.165) is 18.8 Å². The number of hydrogen-bond donors (Lipinski definition) is 1. The second kappa shape index (κ2) is 5.23. The number of nitrogens with one attached hydrogen (secondary N) is 1. The summed E-state index contributed by atoms with van der Waals surface area (Å²) in [5.41, 5.74) is 0.960. The van der Waals surface area contributed by atoms with Gasteiger partial charge < -0.3 is 10.2 Å². The fourth-order valence-electron chi connectivity index (χ4n) is 2.09. The number of anilines is 1. The second-order valence-electron chi connectivity index (χ2n) is 4.53. The van der Waals surface area contributed by atoms with Gasteiger partial charge in [-0.3, -0.25) is 0 Å². The Bertz CT molecular complexity index is 422. The molecule has 0 spiro atoms. The van der Waals surface area contributed by atoms with Crippen LogP contribution >= 0.6 is 34.8 Å². The highest BCUT2D eigenvalue weighted by Gasteiger charge is 2.24. The van der Waals surface area contributed by atoms with E-state index >= 15 is 0 Å². The predicted octanol–water partition coefficient (Wildman–Crippen LogP) is 3.83. The van der Waals surface area contributed by atoms with E-state index in [1.165, 1.54) is 0 Å². The molecule has 1 N–H and O–H groups in total. The second-order valence-corrected chi connectivity index (χ2v) is 5.75. The number of halogens is 3. The third-order valence-electron chi connectivity index (χ3n) is 3.06. The molecule has 17 heavy (non-hydrogen) atoms. The van der Waals surface area contributed by atoms with E-state index in [4.69, 9.17) is 34.8 Å². The molecule has 1 fully saturated rings. The van der Waals surface area contributed by atoms with E-state index in [1.807, 2.05) is 6.07 Å². The fraction of sp³-hybridized carbons (Fsp3) is 0.500. The molecule has 1 saturated heterocycles. The maximum absolute atomic E-state index is 6.24. The first-order chi connectivity index (χ1) is 7.99. The van der Waals surface area contributed by atoms with Crippen LogP contribution in [0.25, 0.3) is 0 Å². The molecule has 2 atom stereocenters. The van der Waals surface area contributed by atoms with Gasteiger partial charge in [-0.05, 0) is 26.0 Å². The van der Waals surface area contributed by atoms with Crippen molar-refractivity contribution in [2.75, 3.05) is 18.0 Å². The number of hydrogen-bond acceptors (Lipinski definition) is 2. The molecule has 2 rings (SSSR count). The van der Waals surface area contributed by atoms with E-state index in [0.29, 0.717) is 27.2 Å². The number of rotatable bonds is 1. The normalized spacial score (nSPS) is 25.1. The average Bonchev–Trinajstić information content (AvgIpc) is 2.27. The van der Waals surface area contributed by atoms with Crippen molar-refractivity contribution < 1.29 is 0 Å². The summed E-state index contributed by atoms with van der Waals surface area (Å²) in [5.74, 6) is 0. The van der Waals surface area contributed by atoms with Crippen molar-refractivity contribution in [3.05, 3.63) is 27.2 Å². The molecule has 0 radical (unpaired) electrons. The Balaban J connectivity index is 2.35. The monoisotopic (exact) mass is 292 g/mol. The quantitative estimate of drug-likeness (QED) is 0.792. The summed E-state index contributed by atoms with van der Waals surface area (Å²) in [5, 5.41) is 5.13. The molecule has 0 bridgehead atoms. The molecule has 2 unspecified atom stereocenters. The molecule has 1 aromatic rings. The van der Waals surface area contributed by atoms with Crippen LogP contribution in [0, 0.1) is 0 Å². The van der Waals surface area contributed by atoms with Gasteiger partial charge in [0.2, 0.25) is 0 Å². The molecule has 2 nitrogen and oxygen atoms in total. The zero-order valence-electron chi connectivity index (χ0n) is 9.80. The Hall–Kier alpha value is -0.150. The van der Waals surface area contributed by atoms with Crippen molar-refractivity contribution in [2.24, 2.45) is 0 Å². The SMILES string of the molecule is CC1CN(c2cc(Cl)c(Cl)cc2Cl)C(C)CN1. The summed E-state index contributed by atoms with van der Waals surface area (Å²) < 4.78 is 0.